The van der Waals surface area contributed by atoms with Crippen LogP contribution in [0.1, 0.15) is 27.7 Å². The summed E-state index contributed by atoms with van der Waals surface area (Å²) in [6.07, 6.45) is -4.31. The van der Waals surface area contributed by atoms with E-state index in [0.717, 1.165) is 23.1 Å². The lowest BCUT2D eigenvalue weighted by molar-refractivity contribution is -0.121. The van der Waals surface area contributed by atoms with Gasteiger partial charge in [0.25, 0.3) is 0 Å². The lowest BCUT2D eigenvalue weighted by atomic mass is 10.1. The molecule has 2 N–H and O–H groups in total. The van der Waals surface area contributed by atoms with Crippen molar-refractivity contribution in [1.82, 2.24) is 15.5 Å². The van der Waals surface area contributed by atoms with Crippen LogP contribution in [0.3, 0.4) is 0 Å². The van der Waals surface area contributed by atoms with E-state index in [-0.39, 0.29) is 16.6 Å². The standard InChI is InChI=1S/C11H17F3N4OS2/c1-6(7(19)16-10(2,3)4)20-9-18-17-8(21-9)15-5-11(12,13)14/h6H,5H2,1-4H3,(H,15,17)(H,16,19)/t6-/m0/s1. The summed E-state index contributed by atoms with van der Waals surface area (Å²) >= 11 is 2.15. The number of halogens is 3. The molecule has 0 aromatic carbocycles. The fraction of sp³-hybridized carbons (Fsp3) is 0.727. The van der Waals surface area contributed by atoms with Crippen LogP contribution in [0.15, 0.2) is 4.34 Å². The highest BCUT2D eigenvalue weighted by Crippen LogP contribution is 2.29. The molecule has 0 spiro atoms. The molecule has 0 saturated carbocycles. The van der Waals surface area contributed by atoms with Crippen molar-refractivity contribution in [3.63, 3.8) is 0 Å². The van der Waals surface area contributed by atoms with E-state index in [1.54, 1.807) is 6.92 Å². The van der Waals surface area contributed by atoms with Gasteiger partial charge in [0.05, 0.1) is 5.25 Å². The highest BCUT2D eigenvalue weighted by Gasteiger charge is 2.27. The van der Waals surface area contributed by atoms with Gasteiger partial charge in [0.2, 0.25) is 11.0 Å². The van der Waals surface area contributed by atoms with Crippen molar-refractivity contribution >= 4 is 34.1 Å². The molecule has 1 aromatic heterocycles. The minimum absolute atomic E-state index is 0.0817. The van der Waals surface area contributed by atoms with Crippen molar-refractivity contribution in [3.8, 4) is 0 Å². The topological polar surface area (TPSA) is 66.9 Å². The molecular formula is C11H17F3N4OS2. The second-order valence-corrected chi connectivity index (χ2v) is 7.91. The highest BCUT2D eigenvalue weighted by atomic mass is 32.2. The number of nitrogens with zero attached hydrogens (tertiary/aromatic N) is 2. The summed E-state index contributed by atoms with van der Waals surface area (Å²) in [5.74, 6) is -0.160. The Morgan fingerprint density at radius 3 is 2.48 bits per heavy atom. The van der Waals surface area contributed by atoms with Crippen LogP contribution < -0.4 is 10.6 Å². The van der Waals surface area contributed by atoms with Gasteiger partial charge < -0.3 is 10.6 Å². The molecule has 1 amide bonds. The Bertz CT molecular complexity index is 485. The van der Waals surface area contributed by atoms with Crippen molar-refractivity contribution in [2.45, 2.75) is 49.0 Å². The van der Waals surface area contributed by atoms with E-state index in [2.05, 4.69) is 20.8 Å². The summed E-state index contributed by atoms with van der Waals surface area (Å²) in [6.45, 7) is 6.15. The lowest BCUT2D eigenvalue weighted by Crippen LogP contribution is -2.44. The molecule has 1 aromatic rings. The molecule has 0 aliphatic rings. The van der Waals surface area contributed by atoms with E-state index < -0.39 is 18.0 Å². The molecule has 1 rings (SSSR count). The first-order valence-electron chi connectivity index (χ1n) is 6.09. The summed E-state index contributed by atoms with van der Waals surface area (Å²) in [6, 6.07) is 0. The molecule has 0 bridgehead atoms. The first kappa shape index (κ1) is 18.0. The van der Waals surface area contributed by atoms with Crippen molar-refractivity contribution in [3.05, 3.63) is 0 Å². The van der Waals surface area contributed by atoms with Gasteiger partial charge in [-0.15, -0.1) is 10.2 Å². The summed E-state index contributed by atoms with van der Waals surface area (Å²) in [4.78, 5) is 11.9. The largest absolute Gasteiger partial charge is 0.405 e. The highest BCUT2D eigenvalue weighted by molar-refractivity contribution is 8.02. The maximum atomic E-state index is 12.1. The van der Waals surface area contributed by atoms with Gasteiger partial charge in [0.15, 0.2) is 4.34 Å². The van der Waals surface area contributed by atoms with E-state index in [1.165, 1.54) is 0 Å². The molecule has 0 aliphatic carbocycles. The van der Waals surface area contributed by atoms with E-state index in [9.17, 15) is 18.0 Å². The second-order valence-electron chi connectivity index (χ2n) is 5.34. The van der Waals surface area contributed by atoms with Crippen LogP contribution in [0.25, 0.3) is 0 Å². The van der Waals surface area contributed by atoms with Crippen LogP contribution in [0.5, 0.6) is 0 Å². The molecule has 0 radical (unpaired) electrons. The predicted molar refractivity (Wildman–Crippen MR) is 77.7 cm³/mol. The Balaban J connectivity index is 2.52. The van der Waals surface area contributed by atoms with Gasteiger partial charge in [0.1, 0.15) is 6.54 Å². The number of rotatable bonds is 5. The average Bonchev–Trinajstić information content (AvgIpc) is 2.71. The molecule has 120 valence electrons. The van der Waals surface area contributed by atoms with Crippen LogP contribution in [0, 0.1) is 0 Å². The van der Waals surface area contributed by atoms with Gasteiger partial charge in [-0.1, -0.05) is 23.1 Å². The normalized spacial score (nSPS) is 13.9. The summed E-state index contributed by atoms with van der Waals surface area (Å²) < 4.78 is 36.6. The zero-order chi connectivity index (χ0) is 16.3. The Hall–Kier alpha value is -1.03. The Labute approximate surface area is 129 Å². The molecule has 0 fully saturated rings. The summed E-state index contributed by atoms with van der Waals surface area (Å²) in [5, 5.41) is 12.0. The molecule has 0 aliphatic heterocycles. The van der Waals surface area contributed by atoms with Crippen LogP contribution in [-0.4, -0.2) is 39.6 Å². The number of anilines is 1. The zero-order valence-corrected chi connectivity index (χ0v) is 13.7. The number of hydrogen-bond donors (Lipinski definition) is 2. The van der Waals surface area contributed by atoms with Crippen molar-refractivity contribution < 1.29 is 18.0 Å². The van der Waals surface area contributed by atoms with Crippen LogP contribution in [0.4, 0.5) is 18.3 Å². The number of thioether (sulfide) groups is 1. The minimum atomic E-state index is -4.31. The maximum absolute atomic E-state index is 12.1. The third-order valence-corrected chi connectivity index (χ3v) is 4.06. The first-order chi connectivity index (χ1) is 9.46. The molecule has 0 unspecified atom stereocenters. The predicted octanol–water partition coefficient (Wildman–Crippen LogP) is 2.91. The van der Waals surface area contributed by atoms with Crippen LogP contribution in [-0.2, 0) is 4.79 Å². The van der Waals surface area contributed by atoms with Crippen LogP contribution >= 0.6 is 23.1 Å². The van der Waals surface area contributed by atoms with Crippen molar-refractivity contribution in [2.24, 2.45) is 0 Å². The zero-order valence-electron chi connectivity index (χ0n) is 12.0. The number of carbonyl (C=O) groups is 1. The SMILES string of the molecule is C[C@H](Sc1nnc(NCC(F)(F)F)s1)C(=O)NC(C)(C)C. The number of nitrogens with one attached hydrogen (secondary N) is 2. The Kier molecular flexibility index (Phi) is 5.85. The van der Waals surface area contributed by atoms with Crippen molar-refractivity contribution in [1.29, 1.82) is 0 Å². The smallest absolute Gasteiger partial charge is 0.351 e. The van der Waals surface area contributed by atoms with Gasteiger partial charge >= 0.3 is 6.18 Å². The van der Waals surface area contributed by atoms with E-state index in [1.807, 2.05) is 20.8 Å². The first-order valence-corrected chi connectivity index (χ1v) is 7.79. The molecule has 10 heteroatoms. The number of amides is 1. The minimum Gasteiger partial charge on any atom is -0.351 e. The van der Waals surface area contributed by atoms with Crippen LogP contribution in [0.2, 0.25) is 0 Å². The summed E-state index contributed by atoms with van der Waals surface area (Å²) in [7, 11) is 0. The number of aromatic nitrogens is 2. The molecule has 21 heavy (non-hydrogen) atoms. The van der Waals surface area contributed by atoms with Gasteiger partial charge in [-0.3, -0.25) is 4.79 Å². The average molecular weight is 342 g/mol. The van der Waals surface area contributed by atoms with E-state index in [4.69, 9.17) is 0 Å². The molecule has 5 nitrogen and oxygen atoms in total. The second kappa shape index (κ2) is 6.82. The van der Waals surface area contributed by atoms with Gasteiger partial charge in [0, 0.05) is 5.54 Å². The summed E-state index contributed by atoms with van der Waals surface area (Å²) in [5.41, 5.74) is -0.341. The van der Waals surface area contributed by atoms with Crippen molar-refractivity contribution in [2.75, 3.05) is 11.9 Å². The van der Waals surface area contributed by atoms with Gasteiger partial charge in [-0.25, -0.2) is 0 Å². The fourth-order valence-electron chi connectivity index (χ4n) is 1.18. The monoisotopic (exact) mass is 342 g/mol. The maximum Gasteiger partial charge on any atom is 0.405 e. The third-order valence-electron chi connectivity index (χ3n) is 1.99. The number of alkyl halides is 3. The quantitative estimate of drug-likeness (QED) is 0.806. The number of carbonyl (C=O) groups excluding carboxylic acids is 1. The van der Waals surface area contributed by atoms with E-state index >= 15 is 0 Å². The van der Waals surface area contributed by atoms with E-state index in [0.29, 0.717) is 4.34 Å². The lowest BCUT2D eigenvalue weighted by Gasteiger charge is -2.22. The van der Waals surface area contributed by atoms with Gasteiger partial charge in [-0.05, 0) is 27.7 Å². The Morgan fingerprint density at radius 2 is 1.95 bits per heavy atom. The molecule has 1 heterocycles. The fourth-order valence-corrected chi connectivity index (χ4v) is 3.07. The molecule has 1 atom stereocenters. The third kappa shape index (κ3) is 7.51. The molecular weight excluding hydrogens is 325 g/mol. The number of hydrogen-bond acceptors (Lipinski definition) is 6. The Morgan fingerprint density at radius 1 is 1.33 bits per heavy atom. The van der Waals surface area contributed by atoms with Gasteiger partial charge in [-0.2, -0.15) is 13.2 Å². The molecule has 0 saturated heterocycles.